The Labute approximate surface area is 186 Å². The van der Waals surface area contributed by atoms with Crippen LogP contribution in [0.25, 0.3) is 10.8 Å². The minimum absolute atomic E-state index is 0.0156. The molecule has 9 heteroatoms. The summed E-state index contributed by atoms with van der Waals surface area (Å²) in [5.74, 6) is 6.55. The summed E-state index contributed by atoms with van der Waals surface area (Å²) in [5, 5.41) is 13.4. The van der Waals surface area contributed by atoms with Crippen molar-refractivity contribution in [1.82, 2.24) is 19.9 Å². The van der Waals surface area contributed by atoms with Crippen molar-refractivity contribution in [1.29, 1.82) is 0 Å². The molecule has 0 saturated carbocycles. The molecule has 0 aliphatic rings. The van der Waals surface area contributed by atoms with Crippen molar-refractivity contribution < 1.29 is 14.6 Å². The van der Waals surface area contributed by atoms with E-state index in [-0.39, 0.29) is 13.0 Å². The summed E-state index contributed by atoms with van der Waals surface area (Å²) >= 11 is 0. The second-order valence-electron chi connectivity index (χ2n) is 7.22. The number of fused-ring (bicyclic) bond motifs is 1. The fourth-order valence-corrected chi connectivity index (χ4v) is 3.10. The Bertz CT molecular complexity index is 1160. The zero-order chi connectivity index (χ0) is 22.9. The number of aliphatic carboxylic acids is 1. The summed E-state index contributed by atoms with van der Waals surface area (Å²) in [7, 11) is 3.78. The van der Waals surface area contributed by atoms with Crippen LogP contribution in [0.1, 0.15) is 23.2 Å². The molecular formula is C23H26N6O3. The van der Waals surface area contributed by atoms with Gasteiger partial charge in [0.25, 0.3) is 0 Å². The van der Waals surface area contributed by atoms with E-state index in [1.54, 1.807) is 31.7 Å². The summed E-state index contributed by atoms with van der Waals surface area (Å²) < 4.78 is 5.34. The molecule has 3 aromatic rings. The highest BCUT2D eigenvalue weighted by molar-refractivity contribution is 5.96. The van der Waals surface area contributed by atoms with Gasteiger partial charge in [-0.1, -0.05) is 5.92 Å². The lowest BCUT2D eigenvalue weighted by Gasteiger charge is -2.16. The predicted molar refractivity (Wildman–Crippen MR) is 123 cm³/mol. The van der Waals surface area contributed by atoms with Gasteiger partial charge in [0.05, 0.1) is 25.2 Å². The average molecular weight is 435 g/mol. The van der Waals surface area contributed by atoms with E-state index in [0.29, 0.717) is 37.0 Å². The van der Waals surface area contributed by atoms with Gasteiger partial charge in [-0.15, -0.1) is 0 Å². The highest BCUT2D eigenvalue weighted by Gasteiger charge is 2.07. The minimum atomic E-state index is -0.856. The summed E-state index contributed by atoms with van der Waals surface area (Å²) in [6.07, 6.45) is 5.15. The van der Waals surface area contributed by atoms with Gasteiger partial charge in [0.1, 0.15) is 17.3 Å². The van der Waals surface area contributed by atoms with Crippen molar-refractivity contribution in [2.75, 3.05) is 44.9 Å². The Hall–Kier alpha value is -3.74. The smallest absolute Gasteiger partial charge is 0.305 e. The van der Waals surface area contributed by atoms with Gasteiger partial charge in [-0.05, 0) is 36.7 Å². The number of hydrogen-bond acceptors (Lipinski definition) is 8. The quantitative estimate of drug-likeness (QED) is 0.342. The number of hydrogen-bond donors (Lipinski definition) is 3. The summed E-state index contributed by atoms with van der Waals surface area (Å²) in [6, 6.07) is 5.68. The zero-order valence-electron chi connectivity index (χ0n) is 18.1. The summed E-state index contributed by atoms with van der Waals surface area (Å²) in [5.41, 5.74) is 8.34. The average Bonchev–Trinajstić information content (AvgIpc) is 2.77. The first-order valence-corrected chi connectivity index (χ1v) is 10.1. The number of nitrogens with two attached hydrogens (primary N) is 1. The van der Waals surface area contributed by atoms with Crippen LogP contribution in [0.2, 0.25) is 0 Å². The summed E-state index contributed by atoms with van der Waals surface area (Å²) in [4.78, 5) is 25.5. The topological polar surface area (TPSA) is 126 Å². The van der Waals surface area contributed by atoms with Gasteiger partial charge in [0.2, 0.25) is 0 Å². The second-order valence-corrected chi connectivity index (χ2v) is 7.22. The van der Waals surface area contributed by atoms with Crippen LogP contribution in [0.15, 0.2) is 36.8 Å². The molecule has 0 unspecified atom stereocenters. The molecule has 32 heavy (non-hydrogen) atoms. The van der Waals surface area contributed by atoms with Crippen molar-refractivity contribution in [3.8, 4) is 11.8 Å². The Morgan fingerprint density at radius 2 is 2.03 bits per heavy atom. The van der Waals surface area contributed by atoms with Crippen LogP contribution >= 0.6 is 0 Å². The molecule has 0 aromatic carbocycles. The molecule has 0 atom stereocenters. The van der Waals surface area contributed by atoms with Gasteiger partial charge in [-0.3, -0.25) is 9.69 Å². The highest BCUT2D eigenvalue weighted by Crippen LogP contribution is 2.24. The number of pyridine rings is 3. The van der Waals surface area contributed by atoms with Crippen molar-refractivity contribution in [3.63, 3.8) is 0 Å². The number of likely N-dealkylation sites (N-methyl/N-ethyl adjacent to an activating group) is 1. The first-order chi connectivity index (χ1) is 15.5. The maximum absolute atomic E-state index is 10.5. The van der Waals surface area contributed by atoms with Crippen LogP contribution in [0.5, 0.6) is 0 Å². The number of nitrogen functional groups attached to an aromatic ring is 1. The number of nitrogens with zero attached hydrogens (tertiary/aromatic N) is 4. The lowest BCUT2D eigenvalue weighted by atomic mass is 10.1. The Morgan fingerprint density at radius 1 is 1.19 bits per heavy atom. The molecule has 0 fully saturated rings. The molecule has 3 rings (SSSR count). The van der Waals surface area contributed by atoms with Gasteiger partial charge < -0.3 is 20.9 Å². The van der Waals surface area contributed by atoms with E-state index in [1.807, 2.05) is 19.2 Å². The number of ether oxygens (including phenoxy) is 1. The molecule has 0 radical (unpaired) electrons. The Kier molecular flexibility index (Phi) is 7.91. The minimum Gasteiger partial charge on any atom is -0.481 e. The molecule has 3 heterocycles. The largest absolute Gasteiger partial charge is 0.481 e. The summed E-state index contributed by atoms with van der Waals surface area (Å²) in [6.45, 7) is 2.08. The van der Waals surface area contributed by atoms with E-state index in [0.717, 1.165) is 21.9 Å². The first kappa shape index (κ1) is 22.9. The highest BCUT2D eigenvalue weighted by atomic mass is 16.5. The van der Waals surface area contributed by atoms with E-state index in [9.17, 15) is 4.79 Å². The second kappa shape index (κ2) is 11.0. The Balaban J connectivity index is 1.69. The molecule has 0 bridgehead atoms. The van der Waals surface area contributed by atoms with Crippen LogP contribution in [0, 0.1) is 11.8 Å². The fraction of sp³-hybridized carbons (Fsp3) is 0.304. The monoisotopic (exact) mass is 434 g/mol. The molecule has 166 valence electrons. The molecule has 4 N–H and O–H groups in total. The molecule has 9 nitrogen and oxygen atoms in total. The third kappa shape index (κ3) is 6.38. The van der Waals surface area contributed by atoms with Gasteiger partial charge in [-0.25, -0.2) is 15.0 Å². The van der Waals surface area contributed by atoms with Crippen LogP contribution in [0.4, 0.5) is 11.6 Å². The third-order valence-electron chi connectivity index (χ3n) is 4.71. The van der Waals surface area contributed by atoms with Crippen molar-refractivity contribution >= 4 is 28.4 Å². The number of carboxylic acids is 1. The van der Waals surface area contributed by atoms with Gasteiger partial charge >= 0.3 is 5.97 Å². The SMILES string of the molecule is CNc1ncc(C#Cc2cc(CN(C)CCOCCC(=O)O)ccn2)c2cc(N)ncc12. The number of anilines is 2. The number of carboxylic acid groups (broad SMARTS) is 1. The molecule has 0 spiro atoms. The van der Waals surface area contributed by atoms with Gasteiger partial charge in [0.15, 0.2) is 0 Å². The zero-order valence-corrected chi connectivity index (χ0v) is 18.1. The van der Waals surface area contributed by atoms with Crippen LogP contribution in [-0.2, 0) is 16.1 Å². The molecular weight excluding hydrogens is 408 g/mol. The van der Waals surface area contributed by atoms with Gasteiger partial charge in [-0.2, -0.15) is 0 Å². The van der Waals surface area contributed by atoms with Crippen LogP contribution in [-0.4, -0.2) is 64.8 Å². The van der Waals surface area contributed by atoms with Crippen LogP contribution in [0.3, 0.4) is 0 Å². The predicted octanol–water partition coefficient (Wildman–Crippen LogP) is 1.97. The van der Waals surface area contributed by atoms with E-state index < -0.39 is 5.97 Å². The standard InChI is InChI=1S/C23H26N6O3/c1-25-23-20-14-27-21(24)12-19(20)17(13-28-23)3-4-18-11-16(5-7-26-18)15-29(2)8-10-32-9-6-22(30)31/h5,7,11-14H,6,8-10,15H2,1-2H3,(H2,24,27)(H,25,28)(H,30,31). The lowest BCUT2D eigenvalue weighted by molar-refractivity contribution is -0.138. The van der Waals surface area contributed by atoms with E-state index in [1.165, 1.54) is 0 Å². The van der Waals surface area contributed by atoms with Crippen molar-refractivity contribution in [2.24, 2.45) is 0 Å². The first-order valence-electron chi connectivity index (χ1n) is 10.1. The molecule has 0 amide bonds. The molecule has 0 saturated heterocycles. The maximum Gasteiger partial charge on any atom is 0.305 e. The lowest BCUT2D eigenvalue weighted by Crippen LogP contribution is -2.23. The van der Waals surface area contributed by atoms with Crippen molar-refractivity contribution in [3.05, 3.63) is 53.6 Å². The normalized spacial score (nSPS) is 10.7. The van der Waals surface area contributed by atoms with E-state index >= 15 is 0 Å². The van der Waals surface area contributed by atoms with Crippen molar-refractivity contribution in [2.45, 2.75) is 13.0 Å². The van der Waals surface area contributed by atoms with Crippen LogP contribution < -0.4 is 11.1 Å². The van der Waals surface area contributed by atoms with E-state index in [2.05, 4.69) is 37.0 Å². The Morgan fingerprint density at radius 3 is 2.81 bits per heavy atom. The molecule has 3 aromatic heterocycles. The number of aromatic nitrogens is 3. The fourth-order valence-electron chi connectivity index (χ4n) is 3.10. The molecule has 0 aliphatic heterocycles. The van der Waals surface area contributed by atoms with E-state index in [4.69, 9.17) is 15.6 Å². The maximum atomic E-state index is 10.5. The number of rotatable bonds is 9. The number of nitrogens with one attached hydrogen (secondary N) is 1. The third-order valence-corrected chi connectivity index (χ3v) is 4.71. The van der Waals surface area contributed by atoms with Gasteiger partial charge in [0, 0.05) is 49.5 Å². The molecule has 0 aliphatic carbocycles. The number of carbonyl (C=O) groups is 1.